The minimum absolute atomic E-state index is 0.293. The van der Waals surface area contributed by atoms with Gasteiger partial charge in [-0.2, -0.15) is 0 Å². The summed E-state index contributed by atoms with van der Waals surface area (Å²) in [5, 5.41) is 3.77. The van der Waals surface area contributed by atoms with Crippen LogP contribution in [0.5, 0.6) is 0 Å². The van der Waals surface area contributed by atoms with Crippen LogP contribution >= 0.6 is 15.9 Å². The predicted octanol–water partition coefficient (Wildman–Crippen LogP) is 4.24. The van der Waals surface area contributed by atoms with Crippen molar-refractivity contribution in [1.82, 2.24) is 9.88 Å². The van der Waals surface area contributed by atoms with Crippen molar-refractivity contribution in [1.29, 1.82) is 0 Å². The topological polar surface area (TPSA) is 74.8 Å². The van der Waals surface area contributed by atoms with Crippen LogP contribution in [-0.4, -0.2) is 54.2 Å². The smallest absolute Gasteiger partial charge is 0.410 e. The number of anilines is 2. The van der Waals surface area contributed by atoms with E-state index in [1.54, 1.807) is 11.1 Å². The van der Waals surface area contributed by atoms with E-state index in [0.717, 1.165) is 32.2 Å². The number of rotatable bonds is 3. The number of carbonyl (C=O) groups is 2. The van der Waals surface area contributed by atoms with Gasteiger partial charge in [0.2, 0.25) is 6.41 Å². The van der Waals surface area contributed by atoms with Crippen LogP contribution in [0.2, 0.25) is 0 Å². The summed E-state index contributed by atoms with van der Waals surface area (Å²) in [6.45, 7) is 12.0. The van der Waals surface area contributed by atoms with E-state index < -0.39 is 5.60 Å². The van der Waals surface area contributed by atoms with Gasteiger partial charge in [0.05, 0.1) is 23.1 Å². The summed E-state index contributed by atoms with van der Waals surface area (Å²) >= 11 is 3.63. The van der Waals surface area contributed by atoms with Crippen molar-refractivity contribution in [3.63, 3.8) is 0 Å². The lowest BCUT2D eigenvalue weighted by molar-refractivity contribution is -0.105. The van der Waals surface area contributed by atoms with Gasteiger partial charge < -0.3 is 19.9 Å². The summed E-state index contributed by atoms with van der Waals surface area (Å²) in [5.41, 5.74) is 4.14. The van der Waals surface area contributed by atoms with Crippen LogP contribution in [0.4, 0.5) is 16.2 Å². The Balaban J connectivity index is 1.94. The lowest BCUT2D eigenvalue weighted by Gasteiger charge is -2.37. The number of piperazine rings is 1. The molecule has 0 aliphatic carbocycles. The molecule has 2 amide bonds. The third-order valence-electron chi connectivity index (χ3n) is 4.94. The van der Waals surface area contributed by atoms with Crippen molar-refractivity contribution >= 4 is 50.7 Å². The normalized spacial score (nSPS) is 14.8. The van der Waals surface area contributed by atoms with Crippen molar-refractivity contribution < 1.29 is 14.3 Å². The van der Waals surface area contributed by atoms with Gasteiger partial charge in [0, 0.05) is 36.0 Å². The number of amides is 2. The lowest BCUT2D eigenvalue weighted by Crippen LogP contribution is -2.50. The van der Waals surface area contributed by atoms with Gasteiger partial charge in [0.15, 0.2) is 0 Å². The van der Waals surface area contributed by atoms with E-state index in [1.807, 2.05) is 34.6 Å². The highest BCUT2D eigenvalue weighted by atomic mass is 79.9. The van der Waals surface area contributed by atoms with E-state index in [-0.39, 0.29) is 6.09 Å². The highest BCUT2D eigenvalue weighted by Crippen LogP contribution is 2.38. The molecule has 29 heavy (non-hydrogen) atoms. The zero-order chi connectivity index (χ0) is 21.3. The van der Waals surface area contributed by atoms with Crippen molar-refractivity contribution in [3.8, 4) is 0 Å². The highest BCUT2D eigenvalue weighted by molar-refractivity contribution is 9.10. The first-order valence-corrected chi connectivity index (χ1v) is 10.4. The third kappa shape index (κ3) is 4.47. The van der Waals surface area contributed by atoms with Crippen molar-refractivity contribution in [2.75, 3.05) is 36.4 Å². The summed E-state index contributed by atoms with van der Waals surface area (Å²) in [6, 6.07) is 2.09. The number of hydrogen-bond donors (Lipinski definition) is 1. The van der Waals surface area contributed by atoms with Crippen LogP contribution in [0.15, 0.2) is 16.7 Å². The molecule has 1 aromatic carbocycles. The molecule has 0 spiro atoms. The summed E-state index contributed by atoms with van der Waals surface area (Å²) in [5.74, 6) is 0. The number of hydrogen-bond acceptors (Lipinski definition) is 5. The number of nitrogens with one attached hydrogen (secondary N) is 1. The molecule has 8 heteroatoms. The van der Waals surface area contributed by atoms with Gasteiger partial charge in [-0.15, -0.1) is 0 Å². The maximum absolute atomic E-state index is 12.4. The minimum Gasteiger partial charge on any atom is -0.444 e. The summed E-state index contributed by atoms with van der Waals surface area (Å²) in [4.78, 5) is 32.1. The van der Waals surface area contributed by atoms with Gasteiger partial charge in [-0.25, -0.2) is 4.79 Å². The molecule has 0 unspecified atom stereocenters. The lowest BCUT2D eigenvalue weighted by atomic mass is 10.0. The molecular weight excluding hydrogens is 436 g/mol. The van der Waals surface area contributed by atoms with Gasteiger partial charge in [-0.1, -0.05) is 15.9 Å². The molecule has 2 aromatic rings. The Morgan fingerprint density at radius 3 is 2.48 bits per heavy atom. The maximum atomic E-state index is 12.4. The van der Waals surface area contributed by atoms with Gasteiger partial charge in [-0.3, -0.25) is 9.78 Å². The van der Waals surface area contributed by atoms with Crippen LogP contribution in [0, 0.1) is 13.8 Å². The maximum Gasteiger partial charge on any atom is 0.410 e. The highest BCUT2D eigenvalue weighted by Gasteiger charge is 2.28. The molecule has 3 rings (SSSR count). The Bertz CT molecular complexity index is 947. The van der Waals surface area contributed by atoms with Crippen LogP contribution in [0.25, 0.3) is 10.9 Å². The van der Waals surface area contributed by atoms with Gasteiger partial charge in [0.25, 0.3) is 0 Å². The Hall–Kier alpha value is -2.35. The zero-order valence-corrected chi connectivity index (χ0v) is 19.1. The van der Waals surface area contributed by atoms with Gasteiger partial charge in [0.1, 0.15) is 5.60 Å². The van der Waals surface area contributed by atoms with Crippen molar-refractivity contribution in [2.24, 2.45) is 0 Å². The number of ether oxygens (including phenoxy) is 1. The molecule has 0 bridgehead atoms. The Morgan fingerprint density at radius 2 is 1.90 bits per heavy atom. The predicted molar refractivity (Wildman–Crippen MR) is 119 cm³/mol. The second-order valence-corrected chi connectivity index (χ2v) is 9.06. The fraction of sp³-hybridized carbons (Fsp3) is 0.476. The minimum atomic E-state index is -0.515. The largest absolute Gasteiger partial charge is 0.444 e. The number of aryl methyl sites for hydroxylation is 2. The summed E-state index contributed by atoms with van der Waals surface area (Å²) < 4.78 is 6.53. The first-order chi connectivity index (χ1) is 13.6. The molecule has 0 radical (unpaired) electrons. The molecular formula is C21H27BrN4O3. The molecule has 1 N–H and O–H groups in total. The van der Waals surface area contributed by atoms with E-state index in [1.165, 1.54) is 0 Å². The quantitative estimate of drug-likeness (QED) is 0.690. The van der Waals surface area contributed by atoms with E-state index in [9.17, 15) is 9.59 Å². The molecule has 0 atom stereocenters. The molecule has 1 saturated heterocycles. The fourth-order valence-corrected chi connectivity index (χ4v) is 3.88. The molecule has 0 saturated carbocycles. The summed E-state index contributed by atoms with van der Waals surface area (Å²) in [6.07, 6.45) is 2.07. The number of halogens is 1. The summed E-state index contributed by atoms with van der Waals surface area (Å²) in [7, 11) is 0. The average Bonchev–Trinajstić information content (AvgIpc) is 2.65. The number of carbonyl (C=O) groups excluding carboxylic acids is 2. The molecule has 1 aliphatic heterocycles. The Kier molecular flexibility index (Phi) is 6.03. The third-order valence-corrected chi connectivity index (χ3v) is 6.16. The number of aromatic nitrogens is 1. The molecule has 1 fully saturated rings. The molecule has 1 aromatic heterocycles. The zero-order valence-electron chi connectivity index (χ0n) is 17.5. The molecule has 156 valence electrons. The molecule has 2 heterocycles. The number of fused-ring (bicyclic) bond motifs is 1. The number of pyridine rings is 1. The fourth-order valence-electron chi connectivity index (χ4n) is 3.58. The second kappa shape index (κ2) is 8.18. The Labute approximate surface area is 179 Å². The van der Waals surface area contributed by atoms with E-state index in [2.05, 4.69) is 37.2 Å². The van der Waals surface area contributed by atoms with Crippen LogP contribution < -0.4 is 10.2 Å². The van der Waals surface area contributed by atoms with Crippen LogP contribution in [-0.2, 0) is 9.53 Å². The molecule has 1 aliphatic rings. The van der Waals surface area contributed by atoms with E-state index in [4.69, 9.17) is 4.74 Å². The van der Waals surface area contributed by atoms with Crippen LogP contribution in [0.1, 0.15) is 31.9 Å². The first-order valence-electron chi connectivity index (χ1n) is 9.64. The first kappa shape index (κ1) is 21.4. The SMILES string of the molecule is Cc1cc2c(N3CCN(C(=O)OC(C)(C)C)CC3)c(NC=O)cnc2c(C)c1Br. The average molecular weight is 463 g/mol. The van der Waals surface area contributed by atoms with E-state index >= 15 is 0 Å². The molecule has 7 nitrogen and oxygen atoms in total. The van der Waals surface area contributed by atoms with Crippen molar-refractivity contribution in [2.45, 2.75) is 40.2 Å². The number of nitrogens with zero attached hydrogens (tertiary/aromatic N) is 3. The van der Waals surface area contributed by atoms with Gasteiger partial charge in [-0.05, 0) is 51.8 Å². The number of benzene rings is 1. The van der Waals surface area contributed by atoms with Crippen molar-refractivity contribution in [3.05, 3.63) is 27.9 Å². The Morgan fingerprint density at radius 1 is 1.24 bits per heavy atom. The second-order valence-electron chi connectivity index (χ2n) is 8.27. The van der Waals surface area contributed by atoms with Gasteiger partial charge >= 0.3 is 6.09 Å². The van der Waals surface area contributed by atoms with E-state index in [0.29, 0.717) is 38.3 Å². The van der Waals surface area contributed by atoms with Crippen LogP contribution in [0.3, 0.4) is 0 Å². The standard InChI is InChI=1S/C21H27BrN4O3/c1-13-10-15-18(14(2)17(13)22)23-11-16(24-12-27)19(15)25-6-8-26(9-7-25)20(28)29-21(3,4)5/h10-12H,6-9H2,1-5H3,(H,24,27). The monoisotopic (exact) mass is 462 g/mol.